The van der Waals surface area contributed by atoms with Crippen LogP contribution in [0.25, 0.3) is 0 Å². The Labute approximate surface area is 125 Å². The largest absolute Gasteiger partial charge is 0.508 e. The maximum atomic E-state index is 12.5. The maximum Gasteiger partial charge on any atom is 0.254 e. The molecule has 21 heavy (non-hydrogen) atoms. The molecule has 2 aliphatic heterocycles. The normalized spacial score (nSPS) is 23.5. The molecule has 1 atom stereocenters. The molecule has 2 N–H and O–H groups in total. The second-order valence-electron chi connectivity index (χ2n) is 5.98. The fourth-order valence-electron chi connectivity index (χ4n) is 3.17. The van der Waals surface area contributed by atoms with Crippen molar-refractivity contribution in [1.29, 1.82) is 0 Å². The Balaban J connectivity index is 1.60. The molecule has 5 heteroatoms. The lowest BCUT2D eigenvalue weighted by Gasteiger charge is -2.37. The van der Waals surface area contributed by atoms with Crippen LogP contribution in [0.1, 0.15) is 22.3 Å². The highest BCUT2D eigenvalue weighted by Gasteiger charge is 2.28. The lowest BCUT2D eigenvalue weighted by atomic mass is 10.1. The van der Waals surface area contributed by atoms with Crippen LogP contribution >= 0.6 is 0 Å². The van der Waals surface area contributed by atoms with Gasteiger partial charge in [-0.3, -0.25) is 9.69 Å². The van der Waals surface area contributed by atoms with E-state index in [4.69, 9.17) is 0 Å². The first kappa shape index (κ1) is 14.4. The van der Waals surface area contributed by atoms with Gasteiger partial charge in [0.2, 0.25) is 0 Å². The van der Waals surface area contributed by atoms with E-state index in [0.29, 0.717) is 11.6 Å². The highest BCUT2D eigenvalue weighted by Crippen LogP contribution is 2.20. The van der Waals surface area contributed by atoms with Gasteiger partial charge < -0.3 is 15.3 Å². The fraction of sp³-hybridized carbons (Fsp3) is 0.562. The van der Waals surface area contributed by atoms with Gasteiger partial charge in [0.1, 0.15) is 5.75 Å². The van der Waals surface area contributed by atoms with Crippen LogP contribution in [0.2, 0.25) is 0 Å². The molecule has 2 aliphatic rings. The number of piperazine rings is 1. The molecule has 0 spiro atoms. The van der Waals surface area contributed by atoms with Crippen molar-refractivity contribution in [2.45, 2.75) is 19.4 Å². The Hall–Kier alpha value is -1.59. The molecular weight excluding hydrogens is 266 g/mol. The van der Waals surface area contributed by atoms with Crippen molar-refractivity contribution in [3.05, 3.63) is 29.3 Å². The molecule has 0 aromatic heterocycles. The van der Waals surface area contributed by atoms with Crippen molar-refractivity contribution < 1.29 is 9.90 Å². The summed E-state index contributed by atoms with van der Waals surface area (Å²) < 4.78 is 0. The van der Waals surface area contributed by atoms with Crippen molar-refractivity contribution in [3.63, 3.8) is 0 Å². The summed E-state index contributed by atoms with van der Waals surface area (Å²) in [6.45, 7) is 7.42. The second kappa shape index (κ2) is 6.03. The number of benzene rings is 1. The first-order valence-electron chi connectivity index (χ1n) is 7.69. The van der Waals surface area contributed by atoms with E-state index in [9.17, 15) is 9.90 Å². The number of rotatable bonds is 2. The summed E-state index contributed by atoms with van der Waals surface area (Å²) in [5.41, 5.74) is 1.37. The van der Waals surface area contributed by atoms with Crippen molar-refractivity contribution in [2.24, 2.45) is 0 Å². The van der Waals surface area contributed by atoms with Crippen LogP contribution in [-0.4, -0.2) is 66.1 Å². The summed E-state index contributed by atoms with van der Waals surface area (Å²) in [5, 5.41) is 13.1. The third-order valence-corrected chi connectivity index (χ3v) is 4.61. The number of nitrogens with zero attached hydrogens (tertiary/aromatic N) is 2. The Bertz CT molecular complexity index is 518. The van der Waals surface area contributed by atoms with Crippen LogP contribution in [0.3, 0.4) is 0 Å². The Morgan fingerprint density at radius 1 is 1.29 bits per heavy atom. The molecule has 5 nitrogen and oxygen atoms in total. The van der Waals surface area contributed by atoms with Crippen molar-refractivity contribution >= 4 is 5.91 Å². The first-order chi connectivity index (χ1) is 10.1. The molecule has 114 valence electrons. The zero-order chi connectivity index (χ0) is 14.8. The molecular formula is C16H23N3O2. The van der Waals surface area contributed by atoms with E-state index in [1.165, 1.54) is 6.42 Å². The average Bonchev–Trinajstić information content (AvgIpc) is 3.04. The molecule has 3 rings (SSSR count). The summed E-state index contributed by atoms with van der Waals surface area (Å²) in [5.74, 6) is 0.214. The number of aromatic hydroxyl groups is 1. The number of phenols is 1. The van der Waals surface area contributed by atoms with E-state index in [0.717, 1.165) is 44.8 Å². The van der Waals surface area contributed by atoms with Crippen LogP contribution in [0, 0.1) is 6.92 Å². The number of carbonyl (C=O) groups is 1. The van der Waals surface area contributed by atoms with E-state index < -0.39 is 0 Å². The highest BCUT2D eigenvalue weighted by atomic mass is 16.3. The van der Waals surface area contributed by atoms with Crippen molar-refractivity contribution in [3.8, 4) is 5.75 Å². The van der Waals surface area contributed by atoms with E-state index in [1.54, 1.807) is 18.2 Å². The van der Waals surface area contributed by atoms with Gasteiger partial charge >= 0.3 is 0 Å². The molecule has 1 amide bonds. The molecule has 0 radical (unpaired) electrons. The number of hydrogen-bond acceptors (Lipinski definition) is 4. The lowest BCUT2D eigenvalue weighted by Crippen LogP contribution is -2.52. The highest BCUT2D eigenvalue weighted by molar-refractivity contribution is 5.94. The SMILES string of the molecule is Cc1ccc(C(=O)N2CCN([C@@H]3CCNC3)CC2)cc1O. The first-order valence-corrected chi connectivity index (χ1v) is 7.69. The van der Waals surface area contributed by atoms with Gasteiger partial charge in [0.05, 0.1) is 0 Å². The Morgan fingerprint density at radius 3 is 2.67 bits per heavy atom. The van der Waals surface area contributed by atoms with Gasteiger partial charge in [0.25, 0.3) is 5.91 Å². The number of aryl methyl sites for hydroxylation is 1. The molecule has 2 saturated heterocycles. The minimum absolute atomic E-state index is 0.0227. The van der Waals surface area contributed by atoms with Crippen LogP contribution < -0.4 is 5.32 Å². The smallest absolute Gasteiger partial charge is 0.254 e. The summed E-state index contributed by atoms with van der Waals surface area (Å²) in [4.78, 5) is 16.8. The van der Waals surface area contributed by atoms with E-state index >= 15 is 0 Å². The molecule has 0 saturated carbocycles. The second-order valence-corrected chi connectivity index (χ2v) is 5.98. The van der Waals surface area contributed by atoms with Gasteiger partial charge in [-0.05, 0) is 37.6 Å². The lowest BCUT2D eigenvalue weighted by molar-refractivity contribution is 0.0583. The number of carbonyl (C=O) groups excluding carboxylic acids is 1. The molecule has 0 bridgehead atoms. The van der Waals surface area contributed by atoms with Crippen LogP contribution in [0.4, 0.5) is 0 Å². The standard InChI is InChI=1S/C16H23N3O2/c1-12-2-3-13(10-15(12)20)16(21)19-8-6-18(7-9-19)14-4-5-17-11-14/h2-3,10,14,17,20H,4-9,11H2,1H3/t14-/m1/s1. The van der Waals surface area contributed by atoms with E-state index in [1.807, 2.05) is 11.8 Å². The van der Waals surface area contributed by atoms with Crippen molar-refractivity contribution in [2.75, 3.05) is 39.3 Å². The van der Waals surface area contributed by atoms with Gasteiger partial charge in [-0.1, -0.05) is 6.07 Å². The summed E-state index contributed by atoms with van der Waals surface area (Å²) in [6.07, 6.45) is 1.21. The monoisotopic (exact) mass is 289 g/mol. The van der Waals surface area contributed by atoms with Crippen LogP contribution in [-0.2, 0) is 0 Å². The van der Waals surface area contributed by atoms with E-state index in [-0.39, 0.29) is 11.7 Å². The van der Waals surface area contributed by atoms with Crippen molar-refractivity contribution in [1.82, 2.24) is 15.1 Å². The number of hydrogen-bond donors (Lipinski definition) is 2. The minimum Gasteiger partial charge on any atom is -0.508 e. The number of nitrogens with one attached hydrogen (secondary N) is 1. The summed E-state index contributed by atoms with van der Waals surface area (Å²) in [6, 6.07) is 5.80. The third kappa shape index (κ3) is 3.04. The van der Waals surface area contributed by atoms with Crippen LogP contribution in [0.15, 0.2) is 18.2 Å². The van der Waals surface area contributed by atoms with Gasteiger partial charge in [-0.2, -0.15) is 0 Å². The fourth-order valence-corrected chi connectivity index (χ4v) is 3.17. The maximum absolute atomic E-state index is 12.5. The molecule has 0 aliphatic carbocycles. The van der Waals surface area contributed by atoms with Gasteiger partial charge in [0.15, 0.2) is 0 Å². The Morgan fingerprint density at radius 2 is 2.05 bits per heavy atom. The molecule has 2 fully saturated rings. The number of amides is 1. The molecule has 0 unspecified atom stereocenters. The topological polar surface area (TPSA) is 55.8 Å². The average molecular weight is 289 g/mol. The van der Waals surface area contributed by atoms with Gasteiger partial charge in [-0.25, -0.2) is 0 Å². The Kier molecular flexibility index (Phi) is 4.12. The molecule has 1 aromatic carbocycles. The summed E-state index contributed by atoms with van der Waals surface area (Å²) >= 11 is 0. The molecule has 2 heterocycles. The molecule has 1 aromatic rings. The van der Waals surface area contributed by atoms with Gasteiger partial charge in [-0.15, -0.1) is 0 Å². The zero-order valence-electron chi connectivity index (χ0n) is 12.5. The third-order valence-electron chi connectivity index (χ3n) is 4.61. The number of phenolic OH excluding ortho intramolecular Hbond substituents is 1. The van der Waals surface area contributed by atoms with E-state index in [2.05, 4.69) is 10.2 Å². The van der Waals surface area contributed by atoms with Crippen LogP contribution in [0.5, 0.6) is 5.75 Å². The predicted molar refractivity (Wildman–Crippen MR) is 81.6 cm³/mol. The predicted octanol–water partition coefficient (Wildman–Crippen LogP) is 0.820. The quantitative estimate of drug-likeness (QED) is 0.846. The zero-order valence-corrected chi connectivity index (χ0v) is 12.5. The minimum atomic E-state index is 0.0227. The summed E-state index contributed by atoms with van der Waals surface area (Å²) in [7, 11) is 0. The van der Waals surface area contributed by atoms with Gasteiger partial charge in [0, 0.05) is 44.3 Å².